The first-order valence-corrected chi connectivity index (χ1v) is 15.0. The average molecular weight is 667 g/mol. The van der Waals surface area contributed by atoms with E-state index >= 15 is 0 Å². The molecule has 3 aromatic heterocycles. The third-order valence-corrected chi connectivity index (χ3v) is 8.89. The van der Waals surface area contributed by atoms with Gasteiger partial charge in [0.15, 0.2) is 11.6 Å². The number of benzene rings is 1. The molecule has 2 aliphatic rings. The number of nitrogens with zero attached hydrogens (tertiary/aromatic N) is 4. The largest absolute Gasteiger partial charge is 0.489 e. The summed E-state index contributed by atoms with van der Waals surface area (Å²) in [5.41, 5.74) is -3.38. The lowest BCUT2D eigenvalue weighted by atomic mass is 10.0. The maximum atomic E-state index is 14.4. The first-order valence-electron chi connectivity index (χ1n) is 17.0. The maximum absolute atomic E-state index is 14.4. The van der Waals surface area contributed by atoms with E-state index in [0.29, 0.717) is 22.4 Å². The fraction of sp³-hybridized carbons (Fsp3) is 0.333. The van der Waals surface area contributed by atoms with Gasteiger partial charge in [0.25, 0.3) is 12.3 Å². The van der Waals surface area contributed by atoms with Crippen LogP contribution in [0.1, 0.15) is 43.2 Å². The summed E-state index contributed by atoms with van der Waals surface area (Å²) >= 11 is 0. The number of rotatable bonds is 9. The molecule has 4 aromatic rings. The van der Waals surface area contributed by atoms with E-state index in [1.165, 1.54) is 12.3 Å². The molecule has 12 nitrogen and oxygen atoms in total. The lowest BCUT2D eigenvalue weighted by Crippen LogP contribution is -2.30. The topological polar surface area (TPSA) is 142 Å². The molecule has 1 aromatic carbocycles. The second-order valence-electron chi connectivity index (χ2n) is 9.93. The second-order valence-corrected chi connectivity index (χ2v) is 12.0. The van der Waals surface area contributed by atoms with Crippen LogP contribution in [0.4, 0.5) is 24.8 Å². The van der Waals surface area contributed by atoms with E-state index in [0.717, 1.165) is 18.3 Å². The number of hydrogen-bond donors (Lipinski definition) is 1. The molecule has 0 saturated heterocycles. The fourth-order valence-electron chi connectivity index (χ4n) is 4.91. The number of anilines is 2. The number of methoxy groups -OCH3 is 1. The third kappa shape index (κ3) is 6.27. The molecule has 6 rings (SSSR count). The Hall–Kier alpha value is -4.54. The smallest absolute Gasteiger partial charge is 0.264 e. The summed E-state index contributed by atoms with van der Waals surface area (Å²) in [4.78, 5) is 27.3. The number of hydrogen-bond acceptors (Lipinski definition) is 11. The Morgan fingerprint density at radius 3 is 2.91 bits per heavy atom. The van der Waals surface area contributed by atoms with Crippen LogP contribution in [0.2, 0.25) is 0 Å². The Balaban J connectivity index is 1.21. The van der Waals surface area contributed by atoms with Crippen LogP contribution in [0.15, 0.2) is 53.7 Å². The number of nitrogens with one attached hydrogen (secondary N) is 1. The number of aromatic nitrogens is 3. The van der Waals surface area contributed by atoms with Crippen molar-refractivity contribution in [3.63, 3.8) is 0 Å². The van der Waals surface area contributed by atoms with E-state index in [4.69, 9.17) is 23.8 Å². The molecular weight excluding hydrogens is 631 g/mol. The van der Waals surface area contributed by atoms with Crippen molar-refractivity contribution in [2.75, 3.05) is 44.8 Å². The molecule has 0 radical (unpaired) electrons. The number of halogens is 3. The zero-order valence-corrected chi connectivity index (χ0v) is 24.3. The molecule has 1 amide bonds. The minimum atomic E-state index is -4.71. The molecular formula is C30H28F3N5O7S. The van der Waals surface area contributed by atoms with E-state index in [1.54, 1.807) is 23.1 Å². The van der Waals surface area contributed by atoms with Crippen molar-refractivity contribution in [3.05, 3.63) is 71.2 Å². The molecule has 5 heterocycles. The highest BCUT2D eigenvalue weighted by atomic mass is 32.2. The van der Waals surface area contributed by atoms with Crippen LogP contribution in [-0.4, -0.2) is 74.7 Å². The zero-order valence-electron chi connectivity index (χ0n) is 30.5. The summed E-state index contributed by atoms with van der Waals surface area (Å²) in [6.07, 6.45) is -0.605. The third-order valence-electron chi connectivity index (χ3n) is 7.10. The normalized spacial score (nSPS) is 20.3. The molecule has 0 bridgehead atoms. The van der Waals surface area contributed by atoms with Crippen molar-refractivity contribution < 1.29 is 54.9 Å². The monoisotopic (exact) mass is 666 g/mol. The molecule has 2 aliphatic heterocycles. The number of carbonyl (C=O) groups is 1. The number of carbonyl (C=O) groups excluding carboxylic acids is 1. The van der Waals surface area contributed by atoms with Gasteiger partial charge in [-0.05, 0) is 30.3 Å². The van der Waals surface area contributed by atoms with Crippen LogP contribution in [0.3, 0.4) is 0 Å². The van der Waals surface area contributed by atoms with Gasteiger partial charge in [0.1, 0.15) is 24.7 Å². The van der Waals surface area contributed by atoms with Crippen molar-refractivity contribution in [1.82, 2.24) is 20.3 Å². The summed E-state index contributed by atoms with van der Waals surface area (Å²) in [5, 5.41) is 3.11. The molecule has 1 N–H and O–H groups in total. The predicted octanol–water partition coefficient (Wildman–Crippen LogP) is 4.05. The van der Waals surface area contributed by atoms with Gasteiger partial charge < -0.3 is 29.2 Å². The predicted molar refractivity (Wildman–Crippen MR) is 158 cm³/mol. The summed E-state index contributed by atoms with van der Waals surface area (Å²) in [6, 6.07) is 7.87. The van der Waals surface area contributed by atoms with Gasteiger partial charge in [-0.3, -0.25) is 9.78 Å². The molecule has 242 valence electrons. The maximum Gasteiger partial charge on any atom is 0.264 e. The van der Waals surface area contributed by atoms with Crippen molar-refractivity contribution in [2.24, 2.45) is 0 Å². The van der Waals surface area contributed by atoms with Gasteiger partial charge in [0.2, 0.25) is 15.3 Å². The molecule has 46 heavy (non-hydrogen) atoms. The van der Waals surface area contributed by atoms with Gasteiger partial charge in [-0.1, -0.05) is 0 Å². The van der Waals surface area contributed by atoms with Crippen molar-refractivity contribution >= 4 is 38.3 Å². The molecule has 0 fully saturated rings. The Labute approximate surface area is 271 Å². The number of alkyl halides is 3. The van der Waals surface area contributed by atoms with E-state index in [-0.39, 0.29) is 37.0 Å². The van der Waals surface area contributed by atoms with Gasteiger partial charge in [-0.25, -0.2) is 31.6 Å². The summed E-state index contributed by atoms with van der Waals surface area (Å²) < 4.78 is 140. The van der Waals surface area contributed by atoms with E-state index in [9.17, 15) is 26.4 Å². The SMILES string of the molecule is [2H]C([2H])([2H])OC([2H])([2H])C([2H])([2H])Oc1cnc2c(c1)OCCN2c1ccc2cnc(CNC(=O)c3cc(C(F)F)c4c(c3)S(=O)(=O)[C@@H](F)COC4)cc2n1. The van der Waals surface area contributed by atoms with Crippen molar-refractivity contribution in [1.29, 1.82) is 0 Å². The van der Waals surface area contributed by atoms with Crippen LogP contribution in [0.5, 0.6) is 11.5 Å². The summed E-state index contributed by atoms with van der Waals surface area (Å²) in [5.74, 6) is -0.435. The number of pyridine rings is 3. The van der Waals surface area contributed by atoms with Crippen molar-refractivity contribution in [3.8, 4) is 11.5 Å². The number of sulfone groups is 1. The van der Waals surface area contributed by atoms with Gasteiger partial charge in [0, 0.05) is 41.4 Å². The highest BCUT2D eigenvalue weighted by Gasteiger charge is 2.36. The number of amides is 1. The Morgan fingerprint density at radius 2 is 2.09 bits per heavy atom. The first-order chi connectivity index (χ1) is 24.8. The fourth-order valence-corrected chi connectivity index (χ4v) is 6.27. The lowest BCUT2D eigenvalue weighted by Gasteiger charge is -2.29. The molecule has 0 unspecified atom stereocenters. The van der Waals surface area contributed by atoms with Crippen LogP contribution in [-0.2, 0) is 32.5 Å². The molecule has 16 heteroatoms. The number of fused-ring (bicyclic) bond motifs is 3. The number of ether oxygens (including phenoxy) is 4. The summed E-state index contributed by atoms with van der Waals surface area (Å²) in [7, 11) is -7.96. The Kier molecular flexibility index (Phi) is 6.74. The Morgan fingerprint density at radius 1 is 1.22 bits per heavy atom. The van der Waals surface area contributed by atoms with Crippen LogP contribution >= 0.6 is 0 Å². The second kappa shape index (κ2) is 13.1. The van der Waals surface area contributed by atoms with Gasteiger partial charge in [0.05, 0.1) is 64.8 Å². The standard InChI is InChI=1S/C30H28F3N5O7S/c1-42-6-7-44-20-11-24-29(35-14-20)38(4-5-45-24)27-3-2-17-12-34-19(10-23(17)37-27)13-36-30(39)18-8-21(28(32)33)22-15-43-16-26(31)46(40,41)25(22)9-18/h2-3,8-12,14,26,28H,4-7,13,15-16H2,1H3,(H,36,39)/t26-/m1/s1/i1D3,6D2,7D2. The average Bonchev–Trinajstić information content (AvgIpc) is 3.19. The quantitative estimate of drug-likeness (QED) is 0.277. The molecule has 1 atom stereocenters. The van der Waals surface area contributed by atoms with Crippen LogP contribution in [0, 0.1) is 0 Å². The van der Waals surface area contributed by atoms with Crippen LogP contribution < -0.4 is 19.7 Å². The zero-order chi connectivity index (χ0) is 38.5. The Bertz CT molecular complexity index is 2180. The minimum absolute atomic E-state index is 0.122. The lowest BCUT2D eigenvalue weighted by molar-refractivity contribution is 0.0914. The highest BCUT2D eigenvalue weighted by Crippen LogP contribution is 2.37. The van der Waals surface area contributed by atoms with Gasteiger partial charge in [-0.15, -0.1) is 0 Å². The molecule has 0 saturated carbocycles. The minimum Gasteiger partial charge on any atom is -0.489 e. The highest BCUT2D eigenvalue weighted by molar-refractivity contribution is 7.92. The van der Waals surface area contributed by atoms with E-state index < -0.39 is 82.6 Å². The first kappa shape index (κ1) is 23.7. The van der Waals surface area contributed by atoms with Gasteiger partial charge in [-0.2, -0.15) is 0 Å². The van der Waals surface area contributed by atoms with E-state index in [2.05, 4.69) is 25.0 Å². The van der Waals surface area contributed by atoms with Gasteiger partial charge >= 0.3 is 0 Å². The molecule has 0 aliphatic carbocycles. The summed E-state index contributed by atoms with van der Waals surface area (Å²) in [6.45, 7) is -7.86. The van der Waals surface area contributed by atoms with Crippen molar-refractivity contribution in [2.45, 2.75) is 30.0 Å². The van der Waals surface area contributed by atoms with E-state index in [1.807, 2.05) is 0 Å². The van der Waals surface area contributed by atoms with Crippen LogP contribution in [0.25, 0.3) is 10.9 Å². The molecule has 0 spiro atoms.